The van der Waals surface area contributed by atoms with Crippen molar-refractivity contribution >= 4 is 0 Å². The van der Waals surface area contributed by atoms with Crippen LogP contribution in [0.3, 0.4) is 0 Å². The third-order valence-corrected chi connectivity index (χ3v) is 5.57. The van der Waals surface area contributed by atoms with Gasteiger partial charge in [0.05, 0.1) is 50.1 Å². The van der Waals surface area contributed by atoms with Gasteiger partial charge in [-0.3, -0.25) is 24.8 Å². The summed E-state index contributed by atoms with van der Waals surface area (Å²) in [6, 6.07) is 18.2. The van der Waals surface area contributed by atoms with Crippen LogP contribution in [0.4, 0.5) is 0 Å². The van der Waals surface area contributed by atoms with Gasteiger partial charge >= 0.3 is 0 Å². The van der Waals surface area contributed by atoms with Crippen LogP contribution >= 0.6 is 0 Å². The zero-order valence-corrected chi connectivity index (χ0v) is 25.4. The normalized spacial score (nSPS) is 10.6. The van der Waals surface area contributed by atoms with E-state index in [2.05, 4.69) is 43.0 Å². The number of hydrogen-bond acceptors (Lipinski definition) is 8. The van der Waals surface area contributed by atoms with E-state index in [1.807, 2.05) is 89.6 Å². The smallest absolute Gasteiger partial charge is 0.0701 e. The summed E-state index contributed by atoms with van der Waals surface area (Å²) in [5, 5.41) is 0. The van der Waals surface area contributed by atoms with Crippen molar-refractivity contribution in [2.24, 2.45) is 0 Å². The highest BCUT2D eigenvalue weighted by Gasteiger charge is 2.13. The Labute approximate surface area is 242 Å². The maximum absolute atomic E-state index is 5.85. The first-order valence-electron chi connectivity index (χ1n) is 14.7. The summed E-state index contributed by atoms with van der Waals surface area (Å²) in [6.07, 6.45) is 5.54. The molecule has 0 N–H and O–H groups in total. The number of aromatic nitrogens is 3. The monoisotopic (exact) mass is 553 g/mol. The molecule has 40 heavy (non-hydrogen) atoms. The van der Waals surface area contributed by atoms with E-state index in [1.54, 1.807) is 0 Å². The fourth-order valence-electron chi connectivity index (χ4n) is 3.71. The van der Waals surface area contributed by atoms with Gasteiger partial charge in [0, 0.05) is 64.5 Å². The second kappa shape index (κ2) is 25.2. The molecule has 3 aromatic rings. The topological polar surface area (TPSA) is 72.8 Å². The highest BCUT2D eigenvalue weighted by atomic mass is 16.5. The minimum Gasteiger partial charge on any atom is -0.379 e. The third kappa shape index (κ3) is 17.0. The van der Waals surface area contributed by atoms with Crippen LogP contribution in [0.25, 0.3) is 0 Å². The molecule has 0 fully saturated rings. The van der Waals surface area contributed by atoms with Crippen LogP contribution in [0.15, 0.2) is 73.2 Å². The lowest BCUT2D eigenvalue weighted by molar-refractivity contribution is 0.0117. The van der Waals surface area contributed by atoms with E-state index in [4.69, 9.17) is 14.2 Å². The van der Waals surface area contributed by atoms with Crippen LogP contribution < -0.4 is 0 Å². The van der Waals surface area contributed by atoms with Gasteiger partial charge in [0.25, 0.3) is 0 Å². The van der Waals surface area contributed by atoms with Crippen molar-refractivity contribution in [1.29, 1.82) is 0 Å². The number of ether oxygens (including phenoxy) is 3. The van der Waals surface area contributed by atoms with Gasteiger partial charge in [0.2, 0.25) is 0 Å². The van der Waals surface area contributed by atoms with E-state index >= 15 is 0 Å². The Morgan fingerprint density at radius 2 is 0.900 bits per heavy atom. The van der Waals surface area contributed by atoms with Crippen LogP contribution in [-0.2, 0) is 33.8 Å². The van der Waals surface area contributed by atoms with Gasteiger partial charge in [-0.05, 0) is 43.3 Å². The lowest BCUT2D eigenvalue weighted by Gasteiger charge is -2.27. The van der Waals surface area contributed by atoms with Gasteiger partial charge in [-0.2, -0.15) is 0 Å². The molecule has 0 amide bonds. The molecule has 222 valence electrons. The van der Waals surface area contributed by atoms with Crippen molar-refractivity contribution in [2.75, 3.05) is 59.3 Å². The van der Waals surface area contributed by atoms with E-state index in [1.165, 1.54) is 0 Å². The minimum absolute atomic E-state index is 0.578. The van der Waals surface area contributed by atoms with Crippen LogP contribution in [-0.4, -0.2) is 84.0 Å². The molecule has 0 aromatic carbocycles. The van der Waals surface area contributed by atoms with Crippen molar-refractivity contribution < 1.29 is 14.2 Å². The quantitative estimate of drug-likeness (QED) is 0.180. The van der Waals surface area contributed by atoms with Gasteiger partial charge in [-0.15, -0.1) is 0 Å². The maximum Gasteiger partial charge on any atom is 0.0701 e. The molecule has 0 unspecified atom stereocenters. The van der Waals surface area contributed by atoms with Crippen molar-refractivity contribution in [2.45, 2.75) is 54.3 Å². The van der Waals surface area contributed by atoms with E-state index < -0.39 is 0 Å². The number of nitrogens with zero attached hydrogens (tertiary/aromatic N) is 5. The SMILES string of the molecule is CC.CC.CCOCCOCCOCCN(CCN(Cc1ccccn1)Cc1ccccn1)Cc1ccccn1. The molecule has 0 saturated heterocycles. The molecule has 0 aliphatic carbocycles. The van der Waals surface area contributed by atoms with E-state index in [0.717, 1.165) is 56.4 Å². The molecule has 3 rings (SSSR count). The number of rotatable bonds is 19. The molecule has 0 aliphatic heterocycles. The standard InChI is InChI=1S/C28H39N5O3.2C2H6/c1-2-34-19-20-36-22-21-35-18-17-32(23-26-9-3-6-12-29-26)15-16-33(24-27-10-4-7-13-30-27)25-28-11-5-8-14-31-28;2*1-2/h3-14H,2,15-25H2,1H3;2*1-2H3. The molecule has 8 nitrogen and oxygen atoms in total. The largest absolute Gasteiger partial charge is 0.379 e. The Hall–Kier alpha value is -2.75. The number of hydrogen-bond donors (Lipinski definition) is 0. The Balaban J connectivity index is 0.00000191. The van der Waals surface area contributed by atoms with Gasteiger partial charge in [-0.25, -0.2) is 0 Å². The van der Waals surface area contributed by atoms with Crippen LogP contribution in [0.5, 0.6) is 0 Å². The van der Waals surface area contributed by atoms with Gasteiger partial charge in [-0.1, -0.05) is 45.9 Å². The summed E-state index contributed by atoms with van der Waals surface area (Å²) >= 11 is 0. The molecule has 3 heterocycles. The van der Waals surface area contributed by atoms with Gasteiger partial charge in [0.15, 0.2) is 0 Å². The summed E-state index contributed by atoms with van der Waals surface area (Å²) in [5.74, 6) is 0. The average molecular weight is 554 g/mol. The lowest BCUT2D eigenvalue weighted by Crippen LogP contribution is -2.36. The zero-order chi connectivity index (χ0) is 29.1. The molecule has 0 atom stereocenters. The van der Waals surface area contributed by atoms with Crippen LogP contribution in [0.2, 0.25) is 0 Å². The Morgan fingerprint density at radius 3 is 1.32 bits per heavy atom. The lowest BCUT2D eigenvalue weighted by atomic mass is 10.2. The second-order valence-corrected chi connectivity index (χ2v) is 8.37. The third-order valence-electron chi connectivity index (χ3n) is 5.57. The number of pyridine rings is 3. The summed E-state index contributed by atoms with van der Waals surface area (Å²) in [6.45, 7) is 18.6. The molecule has 0 spiro atoms. The van der Waals surface area contributed by atoms with E-state index in [0.29, 0.717) is 39.6 Å². The predicted octanol–water partition coefficient (Wildman–Crippen LogP) is 5.50. The molecule has 0 bridgehead atoms. The Kier molecular flexibility index (Phi) is 22.3. The first-order valence-corrected chi connectivity index (χ1v) is 14.7. The first-order chi connectivity index (χ1) is 19.8. The molecule has 0 radical (unpaired) electrons. The molecule has 3 aromatic heterocycles. The summed E-state index contributed by atoms with van der Waals surface area (Å²) in [7, 11) is 0. The Bertz CT molecular complexity index is 878. The van der Waals surface area contributed by atoms with Crippen LogP contribution in [0, 0.1) is 0 Å². The zero-order valence-electron chi connectivity index (χ0n) is 25.4. The molecular weight excluding hydrogens is 502 g/mol. The predicted molar refractivity (Wildman–Crippen MR) is 163 cm³/mol. The van der Waals surface area contributed by atoms with Crippen molar-refractivity contribution in [3.63, 3.8) is 0 Å². The summed E-state index contributed by atoms with van der Waals surface area (Å²) in [5.41, 5.74) is 3.16. The van der Waals surface area contributed by atoms with E-state index in [9.17, 15) is 0 Å². The van der Waals surface area contributed by atoms with Crippen molar-refractivity contribution in [1.82, 2.24) is 24.8 Å². The maximum atomic E-state index is 5.85. The summed E-state index contributed by atoms with van der Waals surface area (Å²) in [4.78, 5) is 18.4. The molecular formula is C32H51N5O3. The first kappa shape index (κ1) is 35.3. The summed E-state index contributed by atoms with van der Waals surface area (Å²) < 4.78 is 16.7. The van der Waals surface area contributed by atoms with Gasteiger partial charge in [0.1, 0.15) is 0 Å². The van der Waals surface area contributed by atoms with Gasteiger partial charge < -0.3 is 14.2 Å². The highest BCUT2D eigenvalue weighted by Crippen LogP contribution is 2.08. The fraction of sp³-hybridized carbons (Fsp3) is 0.531. The molecule has 0 aliphatic rings. The van der Waals surface area contributed by atoms with E-state index in [-0.39, 0.29) is 0 Å². The fourth-order valence-corrected chi connectivity index (χ4v) is 3.71. The average Bonchev–Trinajstić information content (AvgIpc) is 3.02. The second-order valence-electron chi connectivity index (χ2n) is 8.37. The van der Waals surface area contributed by atoms with Crippen LogP contribution in [0.1, 0.15) is 51.7 Å². The molecule has 8 heteroatoms. The van der Waals surface area contributed by atoms with Crippen molar-refractivity contribution in [3.8, 4) is 0 Å². The highest BCUT2D eigenvalue weighted by molar-refractivity contribution is 5.06. The minimum atomic E-state index is 0.578. The molecule has 0 saturated carbocycles. The van der Waals surface area contributed by atoms with Crippen molar-refractivity contribution in [3.05, 3.63) is 90.3 Å². The Morgan fingerprint density at radius 1 is 0.500 bits per heavy atom.